The van der Waals surface area contributed by atoms with Gasteiger partial charge in [0.2, 0.25) is 10.0 Å². The van der Waals surface area contributed by atoms with Gasteiger partial charge in [0.1, 0.15) is 0 Å². The first-order chi connectivity index (χ1) is 9.48. The molecule has 106 valence electrons. The first-order valence-electron chi connectivity index (χ1n) is 6.02. The van der Waals surface area contributed by atoms with E-state index in [1.807, 2.05) is 24.3 Å². The van der Waals surface area contributed by atoms with E-state index in [1.165, 1.54) is 0 Å². The van der Waals surface area contributed by atoms with Gasteiger partial charge in [-0.3, -0.25) is 4.72 Å². The Morgan fingerprint density at radius 2 is 1.50 bits per heavy atom. The van der Waals surface area contributed by atoms with Gasteiger partial charge in [0.25, 0.3) is 0 Å². The quantitative estimate of drug-likeness (QED) is 0.756. The number of anilines is 1. The molecular formula is C14H15IN2O2S. The summed E-state index contributed by atoms with van der Waals surface area (Å²) in [4.78, 5) is 0. The summed E-state index contributed by atoms with van der Waals surface area (Å²) in [5.74, 6) is -0.0517. The van der Waals surface area contributed by atoms with Crippen molar-refractivity contribution < 1.29 is 8.42 Å². The molecule has 0 amide bonds. The zero-order valence-corrected chi connectivity index (χ0v) is 13.7. The first-order valence-corrected chi connectivity index (χ1v) is 8.75. The maximum absolute atomic E-state index is 12.1. The Morgan fingerprint density at radius 3 is 2.05 bits per heavy atom. The molecule has 4 nitrogen and oxygen atoms in total. The lowest BCUT2D eigenvalue weighted by Crippen LogP contribution is -2.15. The van der Waals surface area contributed by atoms with Crippen LogP contribution < -0.4 is 10.5 Å². The van der Waals surface area contributed by atoms with Crippen molar-refractivity contribution in [1.82, 2.24) is 0 Å². The molecule has 6 heteroatoms. The zero-order chi connectivity index (χ0) is 14.6. The summed E-state index contributed by atoms with van der Waals surface area (Å²) in [6.45, 7) is 0.452. The van der Waals surface area contributed by atoms with Crippen molar-refractivity contribution in [2.45, 2.75) is 12.3 Å². The SMILES string of the molecule is NCc1ccc(CS(=O)(=O)Nc2ccc(I)cc2)cc1. The molecule has 0 radical (unpaired) electrons. The number of rotatable bonds is 5. The number of hydrogen-bond donors (Lipinski definition) is 2. The van der Waals surface area contributed by atoms with Crippen LogP contribution in [-0.4, -0.2) is 8.42 Å². The van der Waals surface area contributed by atoms with Gasteiger partial charge in [-0.1, -0.05) is 24.3 Å². The molecule has 0 aromatic heterocycles. The second kappa shape index (κ2) is 6.55. The summed E-state index contributed by atoms with van der Waals surface area (Å²) in [6, 6.07) is 14.5. The summed E-state index contributed by atoms with van der Waals surface area (Å²) >= 11 is 2.17. The predicted molar refractivity (Wildman–Crippen MR) is 89.7 cm³/mol. The van der Waals surface area contributed by atoms with Gasteiger partial charge >= 0.3 is 0 Å². The van der Waals surface area contributed by atoms with Crippen molar-refractivity contribution in [3.63, 3.8) is 0 Å². The minimum absolute atomic E-state index is 0.0517. The van der Waals surface area contributed by atoms with Gasteiger partial charge in [0.05, 0.1) is 5.75 Å². The molecule has 0 aliphatic heterocycles. The standard InChI is InChI=1S/C14H15IN2O2S/c15-13-5-7-14(8-6-13)17-20(18,19)10-12-3-1-11(9-16)2-4-12/h1-8,17H,9-10,16H2. The van der Waals surface area contributed by atoms with Crippen LogP contribution in [0.2, 0.25) is 0 Å². The molecule has 0 atom stereocenters. The van der Waals surface area contributed by atoms with E-state index in [4.69, 9.17) is 5.73 Å². The normalized spacial score (nSPS) is 11.3. The molecule has 0 fully saturated rings. The van der Waals surface area contributed by atoms with Gasteiger partial charge in [-0.25, -0.2) is 8.42 Å². The number of benzene rings is 2. The zero-order valence-electron chi connectivity index (χ0n) is 10.7. The van der Waals surface area contributed by atoms with Crippen LogP contribution in [0.15, 0.2) is 48.5 Å². The van der Waals surface area contributed by atoms with Crippen LogP contribution in [-0.2, 0) is 22.3 Å². The Hall–Kier alpha value is -1.12. The van der Waals surface area contributed by atoms with E-state index in [9.17, 15) is 8.42 Å². The lowest BCUT2D eigenvalue weighted by molar-refractivity contribution is 0.600. The highest BCUT2D eigenvalue weighted by Gasteiger charge is 2.11. The highest BCUT2D eigenvalue weighted by Crippen LogP contribution is 2.15. The van der Waals surface area contributed by atoms with Gasteiger partial charge in [0, 0.05) is 15.8 Å². The second-order valence-electron chi connectivity index (χ2n) is 4.39. The van der Waals surface area contributed by atoms with Crippen LogP contribution in [0.25, 0.3) is 0 Å². The highest BCUT2D eigenvalue weighted by molar-refractivity contribution is 14.1. The van der Waals surface area contributed by atoms with Crippen molar-refractivity contribution in [2.24, 2.45) is 5.73 Å². The average molecular weight is 402 g/mol. The third-order valence-corrected chi connectivity index (χ3v) is 4.71. The van der Waals surface area contributed by atoms with Crippen molar-refractivity contribution >= 4 is 38.3 Å². The van der Waals surface area contributed by atoms with Crippen molar-refractivity contribution in [3.05, 3.63) is 63.2 Å². The third-order valence-electron chi connectivity index (χ3n) is 2.73. The van der Waals surface area contributed by atoms with E-state index in [2.05, 4.69) is 27.3 Å². The van der Waals surface area contributed by atoms with E-state index < -0.39 is 10.0 Å². The predicted octanol–water partition coefficient (Wildman–Crippen LogP) is 2.69. The van der Waals surface area contributed by atoms with Gasteiger partial charge in [0.15, 0.2) is 0 Å². The smallest absolute Gasteiger partial charge is 0.236 e. The first kappa shape index (κ1) is 15.3. The molecule has 2 aromatic rings. The van der Waals surface area contributed by atoms with E-state index in [0.29, 0.717) is 12.2 Å². The average Bonchev–Trinajstić information content (AvgIpc) is 2.41. The summed E-state index contributed by atoms with van der Waals surface area (Å²) in [7, 11) is -3.40. The molecule has 0 saturated heterocycles. The lowest BCUT2D eigenvalue weighted by atomic mass is 10.1. The maximum atomic E-state index is 12.1. The molecule has 0 spiro atoms. The molecule has 2 aromatic carbocycles. The summed E-state index contributed by atoms with van der Waals surface area (Å²) in [5.41, 5.74) is 7.80. The van der Waals surface area contributed by atoms with E-state index in [-0.39, 0.29) is 5.75 Å². The van der Waals surface area contributed by atoms with Gasteiger partial charge in [-0.2, -0.15) is 0 Å². The van der Waals surface area contributed by atoms with Crippen LogP contribution >= 0.6 is 22.6 Å². The maximum Gasteiger partial charge on any atom is 0.236 e. The molecule has 2 rings (SSSR count). The van der Waals surface area contributed by atoms with Gasteiger partial charge in [-0.15, -0.1) is 0 Å². The van der Waals surface area contributed by atoms with E-state index >= 15 is 0 Å². The van der Waals surface area contributed by atoms with Crippen molar-refractivity contribution in [2.75, 3.05) is 4.72 Å². The fourth-order valence-electron chi connectivity index (χ4n) is 1.72. The Balaban J connectivity index is 2.08. The topological polar surface area (TPSA) is 72.2 Å². The molecule has 0 aliphatic rings. The van der Waals surface area contributed by atoms with Crippen LogP contribution in [0.5, 0.6) is 0 Å². The van der Waals surface area contributed by atoms with E-state index in [1.54, 1.807) is 24.3 Å². The van der Waals surface area contributed by atoms with Crippen LogP contribution in [0.4, 0.5) is 5.69 Å². The number of halogens is 1. The minimum atomic E-state index is -3.40. The second-order valence-corrected chi connectivity index (χ2v) is 7.36. The van der Waals surface area contributed by atoms with Crippen LogP contribution in [0.3, 0.4) is 0 Å². The fourth-order valence-corrected chi connectivity index (χ4v) is 3.28. The largest absolute Gasteiger partial charge is 0.326 e. The molecule has 0 unspecified atom stereocenters. The van der Waals surface area contributed by atoms with Gasteiger partial charge in [-0.05, 0) is 58.0 Å². The van der Waals surface area contributed by atoms with E-state index in [0.717, 1.165) is 14.7 Å². The third kappa shape index (κ3) is 4.46. The highest BCUT2D eigenvalue weighted by atomic mass is 127. The molecule has 0 saturated carbocycles. The molecule has 0 bridgehead atoms. The fraction of sp³-hybridized carbons (Fsp3) is 0.143. The van der Waals surface area contributed by atoms with Crippen molar-refractivity contribution in [1.29, 1.82) is 0 Å². The Labute approximate surface area is 132 Å². The number of nitrogens with two attached hydrogens (primary N) is 1. The molecule has 0 aliphatic carbocycles. The minimum Gasteiger partial charge on any atom is -0.326 e. The summed E-state index contributed by atoms with van der Waals surface area (Å²) in [5, 5.41) is 0. The lowest BCUT2D eigenvalue weighted by Gasteiger charge is -2.08. The Bertz CT molecular complexity index is 667. The Morgan fingerprint density at radius 1 is 0.950 bits per heavy atom. The number of nitrogens with one attached hydrogen (secondary N) is 1. The summed E-state index contributed by atoms with van der Waals surface area (Å²) in [6.07, 6.45) is 0. The summed E-state index contributed by atoms with van der Waals surface area (Å²) < 4.78 is 27.8. The number of hydrogen-bond acceptors (Lipinski definition) is 3. The van der Waals surface area contributed by atoms with Crippen molar-refractivity contribution in [3.8, 4) is 0 Å². The monoisotopic (exact) mass is 402 g/mol. The number of sulfonamides is 1. The Kier molecular flexibility index (Phi) is 5.00. The van der Waals surface area contributed by atoms with Gasteiger partial charge < -0.3 is 5.73 Å². The molecule has 0 heterocycles. The molecule has 20 heavy (non-hydrogen) atoms. The molecule has 3 N–H and O–H groups in total. The van der Waals surface area contributed by atoms with Crippen LogP contribution in [0, 0.1) is 3.57 Å². The van der Waals surface area contributed by atoms with Crippen LogP contribution in [0.1, 0.15) is 11.1 Å². The molecular weight excluding hydrogens is 387 g/mol.